The lowest BCUT2D eigenvalue weighted by molar-refractivity contribution is 0.0398. The predicted molar refractivity (Wildman–Crippen MR) is 108 cm³/mol. The molecule has 0 radical (unpaired) electrons. The largest absolute Gasteiger partial charge is 0.462 e. The summed E-state index contributed by atoms with van der Waals surface area (Å²) in [5, 5.41) is 13.9. The van der Waals surface area contributed by atoms with E-state index in [1.807, 2.05) is 0 Å². The van der Waals surface area contributed by atoms with Gasteiger partial charge in [-0.3, -0.25) is 9.69 Å². The first-order chi connectivity index (χ1) is 14.2. The SMILES string of the molecule is CCOC(=O)c1ccccc1NC(=O)c1ccc(NCCN2CCOCC2)nn1. The molecule has 1 aliphatic heterocycles. The molecule has 0 saturated carbocycles. The van der Waals surface area contributed by atoms with E-state index in [2.05, 4.69) is 25.7 Å². The highest BCUT2D eigenvalue weighted by Gasteiger charge is 2.16. The maximum atomic E-state index is 12.5. The average Bonchev–Trinajstić information content (AvgIpc) is 2.75. The van der Waals surface area contributed by atoms with E-state index < -0.39 is 11.9 Å². The summed E-state index contributed by atoms with van der Waals surface area (Å²) in [6, 6.07) is 9.97. The molecular weight excluding hydrogens is 374 g/mol. The molecule has 2 N–H and O–H groups in total. The summed E-state index contributed by atoms with van der Waals surface area (Å²) in [6.45, 7) is 6.99. The standard InChI is InChI=1S/C20H25N5O4/c1-2-29-20(27)15-5-3-4-6-16(15)22-19(26)17-7-8-18(24-23-17)21-9-10-25-11-13-28-14-12-25/h3-8H,2,9-14H2,1H3,(H,21,24)(H,22,26). The number of rotatable bonds is 8. The number of nitrogens with one attached hydrogen (secondary N) is 2. The van der Waals surface area contributed by atoms with Crippen LogP contribution in [0, 0.1) is 0 Å². The normalized spacial score (nSPS) is 14.2. The van der Waals surface area contributed by atoms with E-state index in [4.69, 9.17) is 9.47 Å². The Balaban J connectivity index is 1.54. The third kappa shape index (κ3) is 5.97. The number of para-hydroxylation sites is 1. The number of aromatic nitrogens is 2. The molecule has 3 rings (SSSR count). The molecule has 9 heteroatoms. The third-order valence-corrected chi connectivity index (χ3v) is 4.41. The van der Waals surface area contributed by atoms with Crippen LogP contribution in [0.3, 0.4) is 0 Å². The Morgan fingerprint density at radius 3 is 2.66 bits per heavy atom. The van der Waals surface area contributed by atoms with Crippen LogP contribution in [0.2, 0.25) is 0 Å². The Kier molecular flexibility index (Phi) is 7.48. The zero-order chi connectivity index (χ0) is 20.5. The molecule has 9 nitrogen and oxygen atoms in total. The van der Waals surface area contributed by atoms with Crippen molar-refractivity contribution in [2.75, 3.05) is 56.6 Å². The molecule has 1 saturated heterocycles. The fourth-order valence-corrected chi connectivity index (χ4v) is 2.88. The first-order valence-corrected chi connectivity index (χ1v) is 9.62. The molecule has 2 heterocycles. The maximum absolute atomic E-state index is 12.5. The molecule has 0 aliphatic carbocycles. The number of hydrogen-bond acceptors (Lipinski definition) is 8. The molecule has 0 unspecified atom stereocenters. The van der Waals surface area contributed by atoms with E-state index in [-0.39, 0.29) is 17.9 Å². The van der Waals surface area contributed by atoms with Crippen molar-refractivity contribution in [3.8, 4) is 0 Å². The van der Waals surface area contributed by atoms with E-state index in [1.165, 1.54) is 0 Å². The van der Waals surface area contributed by atoms with E-state index in [1.54, 1.807) is 43.3 Å². The second kappa shape index (κ2) is 10.5. The average molecular weight is 399 g/mol. The van der Waals surface area contributed by atoms with Gasteiger partial charge >= 0.3 is 5.97 Å². The van der Waals surface area contributed by atoms with Gasteiger partial charge in [0.15, 0.2) is 5.69 Å². The summed E-state index contributed by atoms with van der Waals surface area (Å²) in [7, 11) is 0. The summed E-state index contributed by atoms with van der Waals surface area (Å²) >= 11 is 0. The Bertz CT molecular complexity index is 822. The summed E-state index contributed by atoms with van der Waals surface area (Å²) in [5.74, 6) is -0.342. The van der Waals surface area contributed by atoms with Crippen molar-refractivity contribution in [2.45, 2.75) is 6.92 Å². The Labute approximate surface area is 169 Å². The van der Waals surface area contributed by atoms with Crippen molar-refractivity contribution in [3.63, 3.8) is 0 Å². The van der Waals surface area contributed by atoms with Gasteiger partial charge in [-0.15, -0.1) is 10.2 Å². The van der Waals surface area contributed by atoms with Crippen LogP contribution < -0.4 is 10.6 Å². The van der Waals surface area contributed by atoms with E-state index >= 15 is 0 Å². The zero-order valence-corrected chi connectivity index (χ0v) is 16.4. The van der Waals surface area contributed by atoms with Crippen LogP contribution >= 0.6 is 0 Å². The van der Waals surface area contributed by atoms with Gasteiger partial charge in [0.2, 0.25) is 0 Å². The fraction of sp³-hybridized carbons (Fsp3) is 0.400. The van der Waals surface area contributed by atoms with Gasteiger partial charge in [0, 0.05) is 26.2 Å². The predicted octanol–water partition coefficient (Wildman–Crippen LogP) is 1.65. The third-order valence-electron chi connectivity index (χ3n) is 4.41. The minimum atomic E-state index is -0.491. The zero-order valence-electron chi connectivity index (χ0n) is 16.4. The monoisotopic (exact) mass is 399 g/mol. The molecule has 2 aromatic rings. The Morgan fingerprint density at radius 2 is 1.93 bits per heavy atom. The summed E-state index contributed by atoms with van der Waals surface area (Å²) < 4.78 is 10.3. The molecule has 154 valence electrons. The molecule has 1 aromatic carbocycles. The number of carbonyl (C=O) groups excluding carboxylic acids is 2. The van der Waals surface area contributed by atoms with Gasteiger partial charge in [-0.05, 0) is 31.2 Å². The van der Waals surface area contributed by atoms with Gasteiger partial charge in [0.1, 0.15) is 5.82 Å². The lowest BCUT2D eigenvalue weighted by Crippen LogP contribution is -2.39. The maximum Gasteiger partial charge on any atom is 0.340 e. The molecule has 1 aromatic heterocycles. The second-order valence-corrected chi connectivity index (χ2v) is 6.40. The number of hydrogen-bond donors (Lipinski definition) is 2. The highest BCUT2D eigenvalue weighted by Crippen LogP contribution is 2.17. The number of carbonyl (C=O) groups is 2. The van der Waals surface area contributed by atoms with Gasteiger partial charge in [-0.1, -0.05) is 12.1 Å². The lowest BCUT2D eigenvalue weighted by Gasteiger charge is -2.26. The van der Waals surface area contributed by atoms with Gasteiger partial charge in [0.05, 0.1) is 31.1 Å². The number of esters is 1. The molecule has 29 heavy (non-hydrogen) atoms. The lowest BCUT2D eigenvalue weighted by atomic mass is 10.1. The number of anilines is 2. The number of morpholine rings is 1. The van der Waals surface area contributed by atoms with Crippen molar-refractivity contribution in [3.05, 3.63) is 47.7 Å². The Morgan fingerprint density at radius 1 is 1.14 bits per heavy atom. The van der Waals surface area contributed by atoms with Crippen molar-refractivity contribution in [1.29, 1.82) is 0 Å². The van der Waals surface area contributed by atoms with Gasteiger partial charge in [0.25, 0.3) is 5.91 Å². The number of nitrogens with zero attached hydrogens (tertiary/aromatic N) is 3. The van der Waals surface area contributed by atoms with Crippen LogP contribution in [0.15, 0.2) is 36.4 Å². The van der Waals surface area contributed by atoms with E-state index in [0.717, 1.165) is 39.4 Å². The molecule has 0 atom stereocenters. The molecule has 1 fully saturated rings. The fourth-order valence-electron chi connectivity index (χ4n) is 2.88. The number of ether oxygens (including phenoxy) is 2. The first kappa shape index (κ1) is 20.7. The van der Waals surface area contributed by atoms with Crippen LogP contribution in [0.25, 0.3) is 0 Å². The van der Waals surface area contributed by atoms with Crippen LogP contribution in [0.4, 0.5) is 11.5 Å². The van der Waals surface area contributed by atoms with Crippen molar-refractivity contribution >= 4 is 23.4 Å². The van der Waals surface area contributed by atoms with Gasteiger partial charge in [-0.25, -0.2) is 4.79 Å². The van der Waals surface area contributed by atoms with Crippen LogP contribution in [0.5, 0.6) is 0 Å². The number of amides is 1. The Hall–Kier alpha value is -3.04. The van der Waals surface area contributed by atoms with Crippen LogP contribution in [-0.2, 0) is 9.47 Å². The summed E-state index contributed by atoms with van der Waals surface area (Å²) in [5.41, 5.74) is 0.810. The molecule has 0 spiro atoms. The molecular formula is C20H25N5O4. The highest BCUT2D eigenvalue weighted by molar-refractivity contribution is 6.07. The van der Waals surface area contributed by atoms with Gasteiger partial charge in [-0.2, -0.15) is 0 Å². The molecule has 0 bridgehead atoms. The second-order valence-electron chi connectivity index (χ2n) is 6.40. The first-order valence-electron chi connectivity index (χ1n) is 9.62. The van der Waals surface area contributed by atoms with Crippen LogP contribution in [-0.4, -0.2) is 73.0 Å². The smallest absolute Gasteiger partial charge is 0.340 e. The topological polar surface area (TPSA) is 106 Å². The summed E-state index contributed by atoms with van der Waals surface area (Å²) in [6.07, 6.45) is 0. The molecule has 1 aliphatic rings. The number of benzene rings is 1. The quantitative estimate of drug-likeness (QED) is 0.646. The van der Waals surface area contributed by atoms with Crippen molar-refractivity contribution < 1.29 is 19.1 Å². The van der Waals surface area contributed by atoms with Crippen LogP contribution in [0.1, 0.15) is 27.8 Å². The van der Waals surface area contributed by atoms with Crippen molar-refractivity contribution in [2.24, 2.45) is 0 Å². The van der Waals surface area contributed by atoms with E-state index in [9.17, 15) is 9.59 Å². The van der Waals surface area contributed by atoms with Crippen molar-refractivity contribution in [1.82, 2.24) is 15.1 Å². The van der Waals surface area contributed by atoms with Gasteiger partial charge < -0.3 is 20.1 Å². The highest BCUT2D eigenvalue weighted by atomic mass is 16.5. The molecule has 1 amide bonds. The van der Waals surface area contributed by atoms with E-state index in [0.29, 0.717) is 11.5 Å². The summed E-state index contributed by atoms with van der Waals surface area (Å²) in [4.78, 5) is 26.8. The minimum absolute atomic E-state index is 0.155. The minimum Gasteiger partial charge on any atom is -0.462 e.